The molecule has 0 spiro atoms. The molecule has 0 aromatic rings. The Morgan fingerprint density at radius 2 is 2.00 bits per heavy atom. The second-order valence-electron chi connectivity index (χ2n) is 4.40. The minimum absolute atomic E-state index is 0.279. The van der Waals surface area contributed by atoms with Crippen molar-refractivity contribution in [1.82, 2.24) is 5.32 Å². The van der Waals surface area contributed by atoms with Crippen LogP contribution in [0.25, 0.3) is 0 Å². The fraction of sp³-hybridized carbons (Fsp3) is 0.375. The summed E-state index contributed by atoms with van der Waals surface area (Å²) < 4.78 is 5.03. The van der Waals surface area contributed by atoms with Crippen molar-refractivity contribution in [2.45, 2.75) is 32.6 Å². The van der Waals surface area contributed by atoms with E-state index in [-0.39, 0.29) is 11.9 Å². The van der Waals surface area contributed by atoms with Gasteiger partial charge in [-0.3, -0.25) is 4.79 Å². The summed E-state index contributed by atoms with van der Waals surface area (Å²) in [7, 11) is 0. The number of nitrogens with one attached hydrogen (secondary N) is 1. The Balaban J connectivity index is 2.92. The van der Waals surface area contributed by atoms with Gasteiger partial charge in [-0.25, -0.2) is 4.79 Å². The van der Waals surface area contributed by atoms with Crippen molar-refractivity contribution >= 4 is 11.9 Å². The largest absolute Gasteiger partial charge is 0.463 e. The third-order valence-electron chi connectivity index (χ3n) is 3.03. The van der Waals surface area contributed by atoms with E-state index >= 15 is 0 Å². The summed E-state index contributed by atoms with van der Waals surface area (Å²) in [6.07, 6.45) is 7.77. The number of hydrogen-bond donors (Lipinski definition) is 1. The van der Waals surface area contributed by atoms with Crippen LogP contribution in [-0.4, -0.2) is 18.5 Å². The van der Waals surface area contributed by atoms with Gasteiger partial charge in [0.15, 0.2) is 0 Å². The zero-order chi connectivity index (χ0) is 15.0. The molecule has 108 valence electrons. The normalized spacial score (nSPS) is 15.6. The Labute approximate surface area is 119 Å². The number of carbonyl (C=O) groups excluding carboxylic acids is 2. The standard InChI is InChI=1S/C16H21NO3/c1-4-9-12(5-2)15(18)17-14-11-8-7-10-13(14)16(19)20-6-3/h4-5,9H,1-2,6-8,10-11H2,3H3,(H,17,18)/b12-9+. The van der Waals surface area contributed by atoms with Crippen LogP contribution in [0, 0.1) is 0 Å². The zero-order valence-corrected chi connectivity index (χ0v) is 11.9. The van der Waals surface area contributed by atoms with Crippen molar-refractivity contribution < 1.29 is 14.3 Å². The third-order valence-corrected chi connectivity index (χ3v) is 3.03. The molecule has 1 amide bonds. The lowest BCUT2D eigenvalue weighted by molar-refractivity contribution is -0.138. The number of amides is 1. The van der Waals surface area contributed by atoms with Gasteiger partial charge in [0.2, 0.25) is 0 Å². The molecule has 0 bridgehead atoms. The first-order valence-electron chi connectivity index (χ1n) is 6.79. The van der Waals surface area contributed by atoms with Crippen LogP contribution in [0.4, 0.5) is 0 Å². The highest BCUT2D eigenvalue weighted by Gasteiger charge is 2.22. The number of esters is 1. The van der Waals surface area contributed by atoms with E-state index in [0.717, 1.165) is 12.8 Å². The topological polar surface area (TPSA) is 55.4 Å². The highest BCUT2D eigenvalue weighted by Crippen LogP contribution is 2.24. The van der Waals surface area contributed by atoms with Crippen molar-refractivity contribution in [3.63, 3.8) is 0 Å². The van der Waals surface area contributed by atoms with Crippen LogP contribution in [0.2, 0.25) is 0 Å². The van der Waals surface area contributed by atoms with Crippen LogP contribution in [0.5, 0.6) is 0 Å². The molecule has 0 radical (unpaired) electrons. The molecule has 1 N–H and O–H groups in total. The summed E-state index contributed by atoms with van der Waals surface area (Å²) in [4.78, 5) is 23.9. The SMILES string of the molecule is C=C/C=C(\C=C)C(=O)NC1=C(C(=O)OCC)CCCC1. The number of hydrogen-bond acceptors (Lipinski definition) is 3. The summed E-state index contributed by atoms with van der Waals surface area (Å²) in [5, 5.41) is 2.80. The molecule has 1 rings (SSSR count). The Morgan fingerprint density at radius 3 is 2.60 bits per heavy atom. The molecule has 0 heterocycles. The molecule has 0 fully saturated rings. The fourth-order valence-electron chi connectivity index (χ4n) is 2.06. The Morgan fingerprint density at radius 1 is 1.30 bits per heavy atom. The van der Waals surface area contributed by atoms with Crippen LogP contribution in [-0.2, 0) is 14.3 Å². The Bertz CT molecular complexity index is 472. The van der Waals surface area contributed by atoms with Gasteiger partial charge in [0.05, 0.1) is 12.2 Å². The van der Waals surface area contributed by atoms with Gasteiger partial charge in [0.1, 0.15) is 0 Å². The van der Waals surface area contributed by atoms with E-state index in [1.165, 1.54) is 12.2 Å². The summed E-state index contributed by atoms with van der Waals surface area (Å²) in [6, 6.07) is 0. The van der Waals surface area contributed by atoms with Gasteiger partial charge in [-0.1, -0.05) is 31.4 Å². The molecule has 0 aromatic heterocycles. The van der Waals surface area contributed by atoms with Crippen molar-refractivity contribution in [2.75, 3.05) is 6.61 Å². The number of allylic oxidation sites excluding steroid dienone is 3. The van der Waals surface area contributed by atoms with Gasteiger partial charge in [-0.05, 0) is 32.6 Å². The predicted molar refractivity (Wildman–Crippen MR) is 78.7 cm³/mol. The summed E-state index contributed by atoms with van der Waals surface area (Å²) in [5.74, 6) is -0.617. The molecular formula is C16H21NO3. The first kappa shape index (κ1) is 16.0. The summed E-state index contributed by atoms with van der Waals surface area (Å²) in [6.45, 7) is 9.24. The molecule has 0 aliphatic heterocycles. The molecule has 20 heavy (non-hydrogen) atoms. The molecule has 4 heteroatoms. The Kier molecular flexibility index (Phi) is 6.50. The number of carbonyl (C=O) groups is 2. The fourth-order valence-corrected chi connectivity index (χ4v) is 2.06. The van der Waals surface area contributed by atoms with Gasteiger partial charge < -0.3 is 10.1 Å². The highest BCUT2D eigenvalue weighted by atomic mass is 16.5. The Hall–Kier alpha value is -2.10. The van der Waals surface area contributed by atoms with E-state index in [1.54, 1.807) is 13.0 Å². The second kappa shape index (κ2) is 8.15. The summed E-state index contributed by atoms with van der Waals surface area (Å²) >= 11 is 0. The van der Waals surface area contributed by atoms with Gasteiger partial charge in [-0.15, -0.1) is 0 Å². The van der Waals surface area contributed by atoms with E-state index < -0.39 is 0 Å². The zero-order valence-electron chi connectivity index (χ0n) is 11.9. The molecule has 0 saturated heterocycles. The lowest BCUT2D eigenvalue weighted by Crippen LogP contribution is -2.28. The maximum absolute atomic E-state index is 12.1. The van der Waals surface area contributed by atoms with Crippen LogP contribution in [0.15, 0.2) is 48.2 Å². The smallest absolute Gasteiger partial charge is 0.335 e. The number of rotatable bonds is 6. The molecule has 4 nitrogen and oxygen atoms in total. The first-order chi connectivity index (χ1) is 9.63. The van der Waals surface area contributed by atoms with E-state index in [0.29, 0.717) is 36.3 Å². The molecule has 1 aliphatic rings. The third kappa shape index (κ3) is 4.23. The molecule has 1 aliphatic carbocycles. The van der Waals surface area contributed by atoms with Gasteiger partial charge >= 0.3 is 5.97 Å². The van der Waals surface area contributed by atoms with Crippen molar-refractivity contribution in [3.8, 4) is 0 Å². The van der Waals surface area contributed by atoms with Crippen LogP contribution >= 0.6 is 0 Å². The minimum Gasteiger partial charge on any atom is -0.463 e. The lowest BCUT2D eigenvalue weighted by atomic mass is 9.96. The maximum Gasteiger partial charge on any atom is 0.335 e. The molecule has 0 unspecified atom stereocenters. The summed E-state index contributed by atoms with van der Waals surface area (Å²) in [5.41, 5.74) is 1.66. The molecule has 0 aromatic carbocycles. The van der Waals surface area contributed by atoms with Gasteiger partial charge in [0, 0.05) is 11.3 Å². The minimum atomic E-state index is -0.338. The van der Waals surface area contributed by atoms with Crippen LogP contribution in [0.3, 0.4) is 0 Å². The van der Waals surface area contributed by atoms with Crippen LogP contribution in [0.1, 0.15) is 32.6 Å². The highest BCUT2D eigenvalue weighted by molar-refractivity contribution is 5.98. The van der Waals surface area contributed by atoms with Crippen molar-refractivity contribution in [1.29, 1.82) is 0 Å². The molecular weight excluding hydrogens is 254 g/mol. The second-order valence-corrected chi connectivity index (χ2v) is 4.40. The average Bonchev–Trinajstić information content (AvgIpc) is 2.45. The molecule has 0 saturated carbocycles. The first-order valence-corrected chi connectivity index (χ1v) is 6.79. The molecule has 0 atom stereocenters. The van der Waals surface area contributed by atoms with E-state index in [9.17, 15) is 9.59 Å². The number of ether oxygens (including phenoxy) is 1. The monoisotopic (exact) mass is 275 g/mol. The van der Waals surface area contributed by atoms with Crippen LogP contribution < -0.4 is 5.32 Å². The quantitative estimate of drug-likeness (QED) is 0.461. The van der Waals surface area contributed by atoms with E-state index in [4.69, 9.17) is 4.74 Å². The van der Waals surface area contributed by atoms with E-state index in [1.807, 2.05) is 0 Å². The van der Waals surface area contributed by atoms with Gasteiger partial charge in [0.25, 0.3) is 5.91 Å². The van der Waals surface area contributed by atoms with Crippen molar-refractivity contribution in [3.05, 3.63) is 48.2 Å². The maximum atomic E-state index is 12.1. The van der Waals surface area contributed by atoms with Gasteiger partial charge in [-0.2, -0.15) is 0 Å². The lowest BCUT2D eigenvalue weighted by Gasteiger charge is -2.20. The van der Waals surface area contributed by atoms with Crippen molar-refractivity contribution in [2.24, 2.45) is 0 Å². The predicted octanol–water partition coefficient (Wildman–Crippen LogP) is 2.79. The average molecular weight is 275 g/mol. The van der Waals surface area contributed by atoms with E-state index in [2.05, 4.69) is 18.5 Å².